The summed E-state index contributed by atoms with van der Waals surface area (Å²) in [6.45, 7) is 8.41. The predicted octanol–water partition coefficient (Wildman–Crippen LogP) is 4.68. The first-order chi connectivity index (χ1) is 14.7. The van der Waals surface area contributed by atoms with Crippen molar-refractivity contribution in [1.29, 1.82) is 0 Å². The summed E-state index contributed by atoms with van der Waals surface area (Å²) >= 11 is 0. The summed E-state index contributed by atoms with van der Waals surface area (Å²) in [6.07, 6.45) is 1.20. The van der Waals surface area contributed by atoms with E-state index >= 15 is 0 Å². The van der Waals surface area contributed by atoms with E-state index in [4.69, 9.17) is 4.52 Å². The number of piperidine rings is 1. The highest BCUT2D eigenvalue weighted by atomic mass is 32.2. The Balaban J connectivity index is 1.52. The van der Waals surface area contributed by atoms with Gasteiger partial charge in [0, 0.05) is 24.6 Å². The van der Waals surface area contributed by atoms with Crippen LogP contribution in [0.25, 0.3) is 11.5 Å². The molecule has 0 N–H and O–H groups in total. The molecule has 31 heavy (non-hydrogen) atoms. The van der Waals surface area contributed by atoms with Gasteiger partial charge in [-0.1, -0.05) is 17.3 Å². The Kier molecular flexibility index (Phi) is 5.70. The quantitative estimate of drug-likeness (QED) is 0.585. The van der Waals surface area contributed by atoms with Gasteiger partial charge >= 0.3 is 0 Å². The summed E-state index contributed by atoms with van der Waals surface area (Å²) in [5.41, 5.74) is 4.10. The summed E-state index contributed by atoms with van der Waals surface area (Å²) in [5.74, 6) is 0.438. The largest absolute Gasteiger partial charge is 0.334 e. The van der Waals surface area contributed by atoms with Gasteiger partial charge in [0.15, 0.2) is 5.82 Å². The van der Waals surface area contributed by atoms with E-state index < -0.39 is 10.0 Å². The van der Waals surface area contributed by atoms with Gasteiger partial charge in [-0.25, -0.2) is 12.8 Å². The lowest BCUT2D eigenvalue weighted by Gasteiger charge is -2.31. The highest BCUT2D eigenvalue weighted by molar-refractivity contribution is 7.89. The third-order valence-electron chi connectivity index (χ3n) is 6.23. The van der Waals surface area contributed by atoms with Crippen LogP contribution in [0.5, 0.6) is 0 Å². The summed E-state index contributed by atoms with van der Waals surface area (Å²) in [6, 6.07) is 8.04. The Labute approximate surface area is 182 Å². The highest BCUT2D eigenvalue weighted by Gasteiger charge is 2.34. The van der Waals surface area contributed by atoms with Crippen LogP contribution < -0.4 is 0 Å². The third-order valence-corrected chi connectivity index (χ3v) is 8.40. The van der Waals surface area contributed by atoms with E-state index in [2.05, 4.69) is 10.1 Å². The van der Waals surface area contributed by atoms with Crippen molar-refractivity contribution in [2.75, 3.05) is 13.1 Å². The average molecular weight is 444 g/mol. The molecule has 0 radical (unpaired) electrons. The van der Waals surface area contributed by atoms with Crippen LogP contribution in [0.2, 0.25) is 0 Å². The lowest BCUT2D eigenvalue weighted by molar-refractivity contribution is 0.307. The fourth-order valence-electron chi connectivity index (χ4n) is 4.19. The molecule has 0 spiro atoms. The monoisotopic (exact) mass is 443 g/mol. The van der Waals surface area contributed by atoms with Crippen molar-refractivity contribution in [3.05, 3.63) is 64.2 Å². The zero-order valence-electron chi connectivity index (χ0n) is 18.1. The molecule has 2 heterocycles. The third kappa shape index (κ3) is 4.02. The number of hydrogen-bond donors (Lipinski definition) is 0. The molecule has 0 aliphatic carbocycles. The summed E-state index contributed by atoms with van der Waals surface area (Å²) in [7, 11) is -3.59. The van der Waals surface area contributed by atoms with Crippen LogP contribution >= 0.6 is 0 Å². The normalized spacial score (nSPS) is 16.0. The minimum absolute atomic E-state index is 0.000973. The van der Waals surface area contributed by atoms with Gasteiger partial charge in [0.2, 0.25) is 10.0 Å². The van der Waals surface area contributed by atoms with Gasteiger partial charge in [0.1, 0.15) is 5.82 Å². The molecule has 2 aromatic carbocycles. The van der Waals surface area contributed by atoms with Gasteiger partial charge in [-0.05, 0) is 81.0 Å². The van der Waals surface area contributed by atoms with Gasteiger partial charge in [-0.2, -0.15) is 9.29 Å². The minimum Gasteiger partial charge on any atom is -0.334 e. The topological polar surface area (TPSA) is 76.3 Å². The smallest absolute Gasteiger partial charge is 0.258 e. The first kappa shape index (κ1) is 21.6. The zero-order valence-corrected chi connectivity index (χ0v) is 19.0. The summed E-state index contributed by atoms with van der Waals surface area (Å²) < 4.78 is 47.2. The molecule has 6 nitrogen and oxygen atoms in total. The number of nitrogens with zero attached hydrogens (tertiary/aromatic N) is 3. The van der Waals surface area contributed by atoms with Crippen molar-refractivity contribution < 1.29 is 17.3 Å². The Hall–Kier alpha value is -2.58. The number of hydrogen-bond acceptors (Lipinski definition) is 5. The molecule has 164 valence electrons. The fraction of sp³-hybridized carbons (Fsp3) is 0.391. The first-order valence-electron chi connectivity index (χ1n) is 10.4. The van der Waals surface area contributed by atoms with Gasteiger partial charge in [0.25, 0.3) is 5.89 Å². The lowest BCUT2D eigenvalue weighted by atomic mass is 9.97. The van der Waals surface area contributed by atoms with E-state index in [1.165, 1.54) is 12.1 Å². The molecule has 1 aliphatic rings. The average Bonchev–Trinajstić information content (AvgIpc) is 3.23. The minimum atomic E-state index is -3.59. The molecule has 0 bridgehead atoms. The molecular weight excluding hydrogens is 417 g/mol. The van der Waals surface area contributed by atoms with E-state index in [0.717, 1.165) is 22.3 Å². The van der Waals surface area contributed by atoms with E-state index in [0.29, 0.717) is 42.2 Å². The molecule has 0 unspecified atom stereocenters. The highest BCUT2D eigenvalue weighted by Crippen LogP contribution is 2.34. The fourth-order valence-corrected chi connectivity index (χ4v) is 6.24. The molecule has 1 aliphatic heterocycles. The Morgan fingerprint density at radius 1 is 1.03 bits per heavy atom. The molecule has 3 aromatic rings. The van der Waals surface area contributed by atoms with Crippen LogP contribution in [-0.2, 0) is 10.0 Å². The van der Waals surface area contributed by atoms with Gasteiger partial charge < -0.3 is 4.52 Å². The van der Waals surface area contributed by atoms with Crippen LogP contribution in [0.15, 0.2) is 39.8 Å². The van der Waals surface area contributed by atoms with Crippen molar-refractivity contribution >= 4 is 10.0 Å². The molecule has 0 atom stereocenters. The van der Waals surface area contributed by atoms with Crippen molar-refractivity contribution in [2.45, 2.75) is 51.3 Å². The number of rotatable bonds is 4. The molecule has 4 rings (SSSR count). The van der Waals surface area contributed by atoms with Gasteiger partial charge in [-0.3, -0.25) is 0 Å². The lowest BCUT2D eigenvalue weighted by Crippen LogP contribution is -2.38. The number of halogens is 1. The maximum absolute atomic E-state index is 13.5. The first-order valence-corrected chi connectivity index (χ1v) is 11.8. The molecular formula is C23H26FN3O3S. The van der Waals surface area contributed by atoms with Crippen LogP contribution in [0.1, 0.15) is 46.8 Å². The second kappa shape index (κ2) is 8.16. The van der Waals surface area contributed by atoms with Crippen molar-refractivity contribution in [2.24, 2.45) is 0 Å². The summed E-state index contributed by atoms with van der Waals surface area (Å²) in [4.78, 5) is 4.86. The maximum Gasteiger partial charge on any atom is 0.258 e. The van der Waals surface area contributed by atoms with Crippen molar-refractivity contribution in [3.8, 4) is 11.5 Å². The number of benzene rings is 2. The SMILES string of the molecule is Cc1cc(C)c(C)c(S(=O)(=O)N2CCC(c3noc(-c4cccc(F)c4)n3)CC2)c1C. The number of aryl methyl sites for hydroxylation is 2. The molecule has 0 saturated carbocycles. The van der Waals surface area contributed by atoms with Crippen LogP contribution in [0.3, 0.4) is 0 Å². The van der Waals surface area contributed by atoms with E-state index in [-0.39, 0.29) is 17.6 Å². The van der Waals surface area contributed by atoms with E-state index in [1.807, 2.05) is 33.8 Å². The second-order valence-corrected chi connectivity index (χ2v) is 10.1. The van der Waals surface area contributed by atoms with Gasteiger partial charge in [0.05, 0.1) is 4.90 Å². The zero-order chi connectivity index (χ0) is 22.3. The maximum atomic E-state index is 13.5. The predicted molar refractivity (Wildman–Crippen MR) is 116 cm³/mol. The standard InChI is InChI=1S/C23H26FN3O3S/c1-14-12-15(2)17(4)21(16(14)3)31(28,29)27-10-8-18(9-11-27)22-25-23(30-26-22)19-6-5-7-20(24)13-19/h5-7,12-13,18H,8-11H2,1-4H3. The Morgan fingerprint density at radius 3 is 2.29 bits per heavy atom. The van der Waals surface area contributed by atoms with Crippen LogP contribution in [-0.4, -0.2) is 36.0 Å². The number of aromatic nitrogens is 2. The van der Waals surface area contributed by atoms with Crippen molar-refractivity contribution in [1.82, 2.24) is 14.4 Å². The van der Waals surface area contributed by atoms with Crippen LogP contribution in [0.4, 0.5) is 4.39 Å². The molecule has 1 fully saturated rings. The Morgan fingerprint density at radius 2 is 1.68 bits per heavy atom. The van der Waals surface area contributed by atoms with E-state index in [1.54, 1.807) is 16.4 Å². The van der Waals surface area contributed by atoms with E-state index in [9.17, 15) is 12.8 Å². The molecule has 0 amide bonds. The molecule has 1 saturated heterocycles. The number of sulfonamides is 1. The molecule has 8 heteroatoms. The van der Waals surface area contributed by atoms with Crippen molar-refractivity contribution in [3.63, 3.8) is 0 Å². The summed E-state index contributed by atoms with van der Waals surface area (Å²) in [5, 5.41) is 4.07. The molecule has 1 aromatic heterocycles. The van der Waals surface area contributed by atoms with Crippen LogP contribution in [0, 0.1) is 33.5 Å². The second-order valence-electron chi connectivity index (χ2n) is 8.24. The Bertz CT molecular complexity index is 1200. The van der Waals surface area contributed by atoms with Gasteiger partial charge in [-0.15, -0.1) is 0 Å².